The molecule has 1 aliphatic rings. The van der Waals surface area contributed by atoms with Crippen LogP contribution in [-0.4, -0.2) is 51.8 Å². The first kappa shape index (κ1) is 19.5. The standard InChI is InChI=1S/C15H22N4O3.HI/c1-21-10-8-18-15(16)17-7-4-9-19-12-5-2-3-6-13(12)22-11-14(19)20;/h2-3,5-6H,4,7-11H2,1H3,(H3,16,17,18);1H. The van der Waals surface area contributed by atoms with E-state index >= 15 is 0 Å². The third kappa shape index (κ3) is 5.87. The number of nitrogens with one attached hydrogen (secondary N) is 1. The molecule has 0 unspecified atom stereocenters. The molecule has 1 aliphatic heterocycles. The van der Waals surface area contributed by atoms with Crippen LogP contribution < -0.4 is 20.7 Å². The van der Waals surface area contributed by atoms with Crippen LogP contribution in [0.1, 0.15) is 6.42 Å². The summed E-state index contributed by atoms with van der Waals surface area (Å²) in [5.41, 5.74) is 6.53. The van der Waals surface area contributed by atoms with Gasteiger partial charge in [-0.2, -0.15) is 0 Å². The van der Waals surface area contributed by atoms with E-state index < -0.39 is 0 Å². The molecule has 23 heavy (non-hydrogen) atoms. The summed E-state index contributed by atoms with van der Waals surface area (Å²) in [7, 11) is 1.63. The van der Waals surface area contributed by atoms with Crippen LogP contribution in [0.2, 0.25) is 0 Å². The van der Waals surface area contributed by atoms with Crippen LogP contribution >= 0.6 is 24.0 Å². The largest absolute Gasteiger partial charge is 0.482 e. The normalized spacial score (nSPS) is 13.9. The molecule has 0 aliphatic carbocycles. The van der Waals surface area contributed by atoms with E-state index in [-0.39, 0.29) is 36.5 Å². The summed E-state index contributed by atoms with van der Waals surface area (Å²) in [4.78, 5) is 17.9. The highest BCUT2D eigenvalue weighted by molar-refractivity contribution is 14.0. The van der Waals surface area contributed by atoms with Crippen LogP contribution in [0.3, 0.4) is 0 Å². The van der Waals surface area contributed by atoms with E-state index in [0.717, 1.165) is 17.9 Å². The molecule has 0 radical (unpaired) electrons. The number of nitrogens with two attached hydrogens (primary N) is 1. The number of carbonyl (C=O) groups is 1. The van der Waals surface area contributed by atoms with Gasteiger partial charge in [0.2, 0.25) is 0 Å². The van der Waals surface area contributed by atoms with Crippen molar-refractivity contribution in [2.75, 3.05) is 44.9 Å². The molecule has 0 aromatic heterocycles. The van der Waals surface area contributed by atoms with Gasteiger partial charge in [0, 0.05) is 26.7 Å². The molecule has 128 valence electrons. The number of nitrogens with zero attached hydrogens (tertiary/aromatic N) is 2. The summed E-state index contributed by atoms with van der Waals surface area (Å²) in [6.07, 6.45) is 0.729. The number of benzene rings is 1. The number of amides is 1. The maximum Gasteiger partial charge on any atom is 0.265 e. The summed E-state index contributed by atoms with van der Waals surface area (Å²) in [5, 5.41) is 2.95. The van der Waals surface area contributed by atoms with Crippen molar-refractivity contribution in [1.82, 2.24) is 5.32 Å². The van der Waals surface area contributed by atoms with Crippen molar-refractivity contribution in [2.24, 2.45) is 10.7 Å². The molecule has 8 heteroatoms. The number of aliphatic imine (C=N–C) groups is 1. The lowest BCUT2D eigenvalue weighted by molar-refractivity contribution is -0.121. The fraction of sp³-hybridized carbons (Fsp3) is 0.467. The predicted molar refractivity (Wildman–Crippen MR) is 101 cm³/mol. The molecule has 0 bridgehead atoms. The fourth-order valence-electron chi connectivity index (χ4n) is 2.16. The second-order valence-corrected chi connectivity index (χ2v) is 4.84. The number of fused-ring (bicyclic) bond motifs is 1. The molecule has 1 heterocycles. The van der Waals surface area contributed by atoms with Crippen molar-refractivity contribution in [2.45, 2.75) is 6.42 Å². The van der Waals surface area contributed by atoms with Gasteiger partial charge in [0.15, 0.2) is 12.6 Å². The van der Waals surface area contributed by atoms with E-state index in [1.807, 2.05) is 24.3 Å². The third-order valence-electron chi connectivity index (χ3n) is 3.24. The lowest BCUT2D eigenvalue weighted by atomic mass is 10.2. The molecule has 1 aromatic rings. The van der Waals surface area contributed by atoms with Gasteiger partial charge in [-0.1, -0.05) is 12.1 Å². The third-order valence-corrected chi connectivity index (χ3v) is 3.24. The second-order valence-electron chi connectivity index (χ2n) is 4.84. The number of hydrogen-bond donors (Lipinski definition) is 2. The number of carbonyl (C=O) groups excluding carboxylic acids is 1. The van der Waals surface area contributed by atoms with Crippen molar-refractivity contribution in [1.29, 1.82) is 0 Å². The zero-order valence-corrected chi connectivity index (χ0v) is 15.5. The number of methoxy groups -OCH3 is 1. The molecular formula is C15H23IN4O3. The Kier molecular flexibility index (Phi) is 8.70. The Bertz CT molecular complexity index is 539. The van der Waals surface area contributed by atoms with E-state index in [2.05, 4.69) is 10.3 Å². The molecule has 2 rings (SSSR count). The Labute approximate surface area is 153 Å². The van der Waals surface area contributed by atoms with Gasteiger partial charge in [-0.3, -0.25) is 9.79 Å². The van der Waals surface area contributed by atoms with Crippen LogP contribution in [0.4, 0.5) is 5.69 Å². The minimum Gasteiger partial charge on any atom is -0.482 e. The number of anilines is 1. The molecule has 0 fully saturated rings. The fourth-order valence-corrected chi connectivity index (χ4v) is 2.16. The van der Waals surface area contributed by atoms with E-state index in [9.17, 15) is 4.79 Å². The predicted octanol–water partition coefficient (Wildman–Crippen LogP) is 0.971. The van der Waals surface area contributed by atoms with Gasteiger partial charge in [0.25, 0.3) is 5.91 Å². The molecule has 1 aromatic carbocycles. The van der Waals surface area contributed by atoms with Crippen LogP contribution in [0, 0.1) is 0 Å². The molecule has 0 spiro atoms. The minimum absolute atomic E-state index is 0. The van der Waals surface area contributed by atoms with Crippen molar-refractivity contribution in [3.8, 4) is 5.75 Å². The number of guanidine groups is 1. The zero-order valence-electron chi connectivity index (χ0n) is 13.2. The molecule has 0 atom stereocenters. The quantitative estimate of drug-likeness (QED) is 0.289. The Morgan fingerprint density at radius 2 is 2.26 bits per heavy atom. The van der Waals surface area contributed by atoms with Crippen LogP contribution in [0.25, 0.3) is 0 Å². The van der Waals surface area contributed by atoms with Gasteiger partial charge >= 0.3 is 0 Å². The molecule has 3 N–H and O–H groups in total. The number of hydrogen-bond acceptors (Lipinski definition) is 4. The van der Waals surface area contributed by atoms with Gasteiger partial charge < -0.3 is 25.4 Å². The van der Waals surface area contributed by atoms with E-state index in [1.54, 1.807) is 12.0 Å². The molecule has 0 saturated carbocycles. The average Bonchev–Trinajstić information content (AvgIpc) is 2.53. The monoisotopic (exact) mass is 434 g/mol. The average molecular weight is 434 g/mol. The minimum atomic E-state index is -0.0335. The lowest BCUT2D eigenvalue weighted by Gasteiger charge is -2.29. The first-order chi connectivity index (χ1) is 10.7. The lowest BCUT2D eigenvalue weighted by Crippen LogP contribution is -2.39. The molecular weight excluding hydrogens is 411 g/mol. The summed E-state index contributed by atoms with van der Waals surface area (Å²) in [6.45, 7) is 2.43. The summed E-state index contributed by atoms with van der Waals surface area (Å²) < 4.78 is 10.3. The molecule has 1 amide bonds. The van der Waals surface area contributed by atoms with Crippen molar-refractivity contribution < 1.29 is 14.3 Å². The second kappa shape index (κ2) is 10.3. The number of halogens is 1. The van der Waals surface area contributed by atoms with Gasteiger partial charge in [0.05, 0.1) is 12.3 Å². The summed E-state index contributed by atoms with van der Waals surface area (Å²) in [5.74, 6) is 1.10. The highest BCUT2D eigenvalue weighted by atomic mass is 127. The Hall–Kier alpha value is -1.55. The first-order valence-corrected chi connectivity index (χ1v) is 7.27. The van der Waals surface area contributed by atoms with E-state index in [1.165, 1.54) is 0 Å². The Morgan fingerprint density at radius 1 is 1.48 bits per heavy atom. The maximum atomic E-state index is 12.0. The summed E-state index contributed by atoms with van der Waals surface area (Å²) >= 11 is 0. The number of rotatable bonds is 7. The van der Waals surface area contributed by atoms with Crippen molar-refractivity contribution in [3.05, 3.63) is 24.3 Å². The van der Waals surface area contributed by atoms with Gasteiger partial charge in [0.1, 0.15) is 5.75 Å². The zero-order chi connectivity index (χ0) is 15.8. The molecule has 0 saturated heterocycles. The van der Waals surface area contributed by atoms with E-state index in [0.29, 0.717) is 32.2 Å². The van der Waals surface area contributed by atoms with Crippen LogP contribution in [0.5, 0.6) is 5.75 Å². The van der Waals surface area contributed by atoms with Crippen LogP contribution in [-0.2, 0) is 9.53 Å². The summed E-state index contributed by atoms with van der Waals surface area (Å²) in [6, 6.07) is 7.54. The van der Waals surface area contributed by atoms with E-state index in [4.69, 9.17) is 15.2 Å². The van der Waals surface area contributed by atoms with Crippen LogP contribution in [0.15, 0.2) is 29.3 Å². The smallest absolute Gasteiger partial charge is 0.265 e. The van der Waals surface area contributed by atoms with Gasteiger partial charge in [-0.05, 0) is 18.6 Å². The maximum absolute atomic E-state index is 12.0. The topological polar surface area (TPSA) is 89.2 Å². The Morgan fingerprint density at radius 3 is 3.04 bits per heavy atom. The number of ether oxygens (including phenoxy) is 2. The first-order valence-electron chi connectivity index (χ1n) is 7.27. The van der Waals surface area contributed by atoms with Crippen molar-refractivity contribution >= 4 is 41.5 Å². The highest BCUT2D eigenvalue weighted by Crippen LogP contribution is 2.31. The highest BCUT2D eigenvalue weighted by Gasteiger charge is 2.24. The van der Waals surface area contributed by atoms with Crippen molar-refractivity contribution in [3.63, 3.8) is 0 Å². The Balaban J connectivity index is 0.00000264. The molecule has 7 nitrogen and oxygen atoms in total. The van der Waals surface area contributed by atoms with Gasteiger partial charge in [-0.25, -0.2) is 0 Å². The SMILES string of the molecule is COCCNC(N)=NCCCN1C(=O)COc2ccccc21.I. The van der Waals surface area contributed by atoms with Gasteiger partial charge in [-0.15, -0.1) is 24.0 Å². The number of para-hydroxylation sites is 2.